The Morgan fingerprint density at radius 3 is 2.35 bits per heavy atom. The average molecular weight is 392 g/mol. The highest BCUT2D eigenvalue weighted by atomic mass is 35.5. The van der Waals surface area contributed by atoms with Crippen molar-refractivity contribution in [1.29, 1.82) is 0 Å². The molecule has 0 aromatic heterocycles. The summed E-state index contributed by atoms with van der Waals surface area (Å²) in [6.45, 7) is 0. The molecule has 1 aliphatic rings. The molecule has 1 unspecified atom stereocenters. The molecule has 0 spiro atoms. The lowest BCUT2D eigenvalue weighted by Crippen LogP contribution is -2.61. The Morgan fingerprint density at radius 2 is 1.69 bits per heavy atom. The molecule has 2 aromatic carbocycles. The van der Waals surface area contributed by atoms with E-state index in [9.17, 15) is 19.2 Å². The highest BCUT2D eigenvalue weighted by molar-refractivity contribution is 6.42. The van der Waals surface area contributed by atoms with E-state index in [2.05, 4.69) is 5.32 Å². The van der Waals surface area contributed by atoms with E-state index in [-0.39, 0.29) is 21.4 Å². The van der Waals surface area contributed by atoms with Crippen molar-refractivity contribution in [2.75, 3.05) is 10.2 Å². The van der Waals surface area contributed by atoms with Gasteiger partial charge in [0.2, 0.25) is 11.8 Å². The summed E-state index contributed by atoms with van der Waals surface area (Å²) < 4.78 is 0. The van der Waals surface area contributed by atoms with Gasteiger partial charge >= 0.3 is 6.03 Å². The third-order valence-electron chi connectivity index (χ3n) is 3.63. The zero-order valence-corrected chi connectivity index (χ0v) is 14.5. The summed E-state index contributed by atoms with van der Waals surface area (Å²) in [7, 11) is 0. The average Bonchev–Trinajstić information content (AvgIpc) is 2.58. The summed E-state index contributed by atoms with van der Waals surface area (Å²) in [5, 5.41) is 4.93. The Labute approximate surface area is 157 Å². The SMILES string of the molecule is O=C1NC(=O)N(c2ccccc2)C(=O)C1C(=O)Nc1ccc(Cl)c(Cl)c1. The van der Waals surface area contributed by atoms with Crippen LogP contribution in [-0.4, -0.2) is 23.8 Å². The second kappa shape index (κ2) is 7.15. The van der Waals surface area contributed by atoms with Gasteiger partial charge in [-0.3, -0.25) is 19.7 Å². The quantitative estimate of drug-likeness (QED) is 0.786. The van der Waals surface area contributed by atoms with E-state index in [0.29, 0.717) is 0 Å². The first-order valence-electron chi connectivity index (χ1n) is 7.38. The fraction of sp³-hybridized carbons (Fsp3) is 0.0588. The second-order valence-electron chi connectivity index (χ2n) is 5.35. The molecule has 2 aromatic rings. The minimum atomic E-state index is -1.72. The number of carbonyl (C=O) groups excluding carboxylic acids is 4. The third kappa shape index (κ3) is 3.40. The fourth-order valence-corrected chi connectivity index (χ4v) is 2.71. The Balaban J connectivity index is 1.86. The van der Waals surface area contributed by atoms with Crippen molar-refractivity contribution >= 4 is 58.3 Å². The molecule has 1 saturated heterocycles. The maximum Gasteiger partial charge on any atom is 0.335 e. The van der Waals surface area contributed by atoms with Crippen LogP contribution in [0.25, 0.3) is 0 Å². The summed E-state index contributed by atoms with van der Waals surface area (Å²) in [5.74, 6) is -4.55. The molecule has 132 valence electrons. The van der Waals surface area contributed by atoms with E-state index in [1.807, 2.05) is 5.32 Å². The number of urea groups is 1. The van der Waals surface area contributed by atoms with Crippen LogP contribution in [0.15, 0.2) is 48.5 Å². The zero-order chi connectivity index (χ0) is 18.8. The minimum Gasteiger partial charge on any atom is -0.325 e. The predicted molar refractivity (Wildman–Crippen MR) is 96.0 cm³/mol. The maximum atomic E-state index is 12.6. The number of anilines is 2. The molecular formula is C17H11Cl2N3O4. The van der Waals surface area contributed by atoms with Crippen LogP contribution in [0.1, 0.15) is 0 Å². The predicted octanol–water partition coefficient (Wildman–Crippen LogP) is 2.83. The number of nitrogens with one attached hydrogen (secondary N) is 2. The fourth-order valence-electron chi connectivity index (χ4n) is 2.42. The van der Waals surface area contributed by atoms with Crippen molar-refractivity contribution in [2.24, 2.45) is 5.92 Å². The molecule has 9 heteroatoms. The third-order valence-corrected chi connectivity index (χ3v) is 4.37. The molecule has 26 heavy (non-hydrogen) atoms. The summed E-state index contributed by atoms with van der Waals surface area (Å²) in [4.78, 5) is 49.9. The number of para-hydroxylation sites is 1. The van der Waals surface area contributed by atoms with Crippen molar-refractivity contribution in [3.63, 3.8) is 0 Å². The normalized spacial score (nSPS) is 17.1. The van der Waals surface area contributed by atoms with E-state index in [1.165, 1.54) is 30.3 Å². The number of nitrogens with zero attached hydrogens (tertiary/aromatic N) is 1. The van der Waals surface area contributed by atoms with Crippen molar-refractivity contribution in [3.05, 3.63) is 58.6 Å². The van der Waals surface area contributed by atoms with Crippen molar-refractivity contribution in [2.45, 2.75) is 0 Å². The largest absolute Gasteiger partial charge is 0.335 e. The highest BCUT2D eigenvalue weighted by Gasteiger charge is 2.45. The number of rotatable bonds is 3. The van der Waals surface area contributed by atoms with Gasteiger partial charge in [0.25, 0.3) is 5.91 Å². The Kier molecular flexibility index (Phi) is 4.92. The Hall–Kier alpha value is -2.90. The van der Waals surface area contributed by atoms with Gasteiger partial charge in [0.05, 0.1) is 15.7 Å². The molecule has 1 fully saturated rings. The lowest BCUT2D eigenvalue weighted by molar-refractivity contribution is -0.139. The number of carbonyl (C=O) groups is 4. The van der Waals surface area contributed by atoms with Gasteiger partial charge in [-0.15, -0.1) is 0 Å². The Morgan fingerprint density at radius 1 is 1.00 bits per heavy atom. The first kappa shape index (κ1) is 17.9. The van der Waals surface area contributed by atoms with Crippen LogP contribution in [0.5, 0.6) is 0 Å². The number of benzene rings is 2. The molecule has 5 amide bonds. The summed E-state index contributed by atoms with van der Waals surface area (Å²) in [5.41, 5.74) is 0.503. The molecule has 1 heterocycles. The van der Waals surface area contributed by atoms with E-state index in [1.54, 1.807) is 18.2 Å². The number of barbiturate groups is 1. The van der Waals surface area contributed by atoms with Gasteiger partial charge in [0.1, 0.15) is 0 Å². The number of halogens is 2. The van der Waals surface area contributed by atoms with E-state index >= 15 is 0 Å². The second-order valence-corrected chi connectivity index (χ2v) is 6.17. The van der Waals surface area contributed by atoms with Gasteiger partial charge in [-0.2, -0.15) is 0 Å². The first-order chi connectivity index (χ1) is 12.4. The molecule has 0 saturated carbocycles. The zero-order valence-electron chi connectivity index (χ0n) is 13.0. The summed E-state index contributed by atoms with van der Waals surface area (Å²) >= 11 is 11.7. The smallest absolute Gasteiger partial charge is 0.325 e. The molecule has 0 radical (unpaired) electrons. The lowest BCUT2D eigenvalue weighted by Gasteiger charge is -2.29. The molecule has 2 N–H and O–H groups in total. The van der Waals surface area contributed by atoms with Crippen LogP contribution in [0, 0.1) is 5.92 Å². The van der Waals surface area contributed by atoms with Gasteiger partial charge < -0.3 is 5.32 Å². The van der Waals surface area contributed by atoms with Crippen LogP contribution >= 0.6 is 23.2 Å². The number of imide groups is 2. The van der Waals surface area contributed by atoms with Crippen LogP contribution in [0.3, 0.4) is 0 Å². The number of hydrogen-bond acceptors (Lipinski definition) is 4. The van der Waals surface area contributed by atoms with Gasteiger partial charge in [-0.05, 0) is 30.3 Å². The van der Waals surface area contributed by atoms with Crippen molar-refractivity contribution < 1.29 is 19.2 Å². The summed E-state index contributed by atoms with van der Waals surface area (Å²) in [6, 6.07) is 11.4. The van der Waals surface area contributed by atoms with Gasteiger partial charge in [0, 0.05) is 5.69 Å². The lowest BCUT2D eigenvalue weighted by atomic mass is 10.0. The summed E-state index contributed by atoms with van der Waals surface area (Å²) in [6.07, 6.45) is 0. The van der Waals surface area contributed by atoms with Gasteiger partial charge in [-0.25, -0.2) is 9.69 Å². The van der Waals surface area contributed by atoms with Gasteiger partial charge in [0.15, 0.2) is 5.92 Å². The number of amides is 5. The van der Waals surface area contributed by atoms with E-state index in [0.717, 1.165) is 4.90 Å². The molecule has 0 bridgehead atoms. The van der Waals surface area contributed by atoms with Crippen LogP contribution in [0.4, 0.5) is 16.2 Å². The molecule has 7 nitrogen and oxygen atoms in total. The molecular weight excluding hydrogens is 381 g/mol. The van der Waals surface area contributed by atoms with E-state index in [4.69, 9.17) is 23.2 Å². The Bertz CT molecular complexity index is 917. The molecule has 0 aliphatic carbocycles. The maximum absolute atomic E-state index is 12.6. The van der Waals surface area contributed by atoms with E-state index < -0.39 is 29.7 Å². The molecule has 1 atom stereocenters. The van der Waals surface area contributed by atoms with Crippen molar-refractivity contribution in [3.8, 4) is 0 Å². The molecule has 1 aliphatic heterocycles. The molecule has 3 rings (SSSR count). The highest BCUT2D eigenvalue weighted by Crippen LogP contribution is 2.26. The van der Waals surface area contributed by atoms with Crippen LogP contribution in [-0.2, 0) is 14.4 Å². The topological polar surface area (TPSA) is 95.6 Å². The van der Waals surface area contributed by atoms with Crippen LogP contribution < -0.4 is 15.5 Å². The monoisotopic (exact) mass is 391 g/mol. The van der Waals surface area contributed by atoms with Crippen molar-refractivity contribution in [1.82, 2.24) is 5.32 Å². The first-order valence-corrected chi connectivity index (χ1v) is 8.14. The standard InChI is InChI=1S/C17H11Cl2N3O4/c18-11-7-6-9(8-12(11)19)20-14(23)13-15(24)21-17(26)22(16(13)25)10-4-2-1-3-5-10/h1-8,13H,(H,20,23)(H,21,24,26). The minimum absolute atomic E-state index is 0.199. The van der Waals surface area contributed by atoms with Gasteiger partial charge in [-0.1, -0.05) is 41.4 Å². The number of hydrogen-bond donors (Lipinski definition) is 2. The van der Waals surface area contributed by atoms with Crippen LogP contribution in [0.2, 0.25) is 10.0 Å².